The molecule has 2 aromatic rings. The van der Waals surface area contributed by atoms with Crippen molar-refractivity contribution in [2.75, 3.05) is 13.6 Å². The first-order valence-electron chi connectivity index (χ1n) is 7.11. The van der Waals surface area contributed by atoms with Gasteiger partial charge in [-0.1, -0.05) is 29.8 Å². The maximum absolute atomic E-state index is 5.99. The average molecular weight is 272 g/mol. The molecule has 1 unspecified atom stereocenters. The van der Waals surface area contributed by atoms with Gasteiger partial charge in [0.25, 0.3) is 0 Å². The molecular formula is C16H24N4. The Balaban J connectivity index is 2.15. The summed E-state index contributed by atoms with van der Waals surface area (Å²) in [6.07, 6.45) is 3.80. The summed E-state index contributed by atoms with van der Waals surface area (Å²) in [7, 11) is 2.12. The zero-order valence-electron chi connectivity index (χ0n) is 12.6. The van der Waals surface area contributed by atoms with E-state index in [4.69, 9.17) is 5.73 Å². The summed E-state index contributed by atoms with van der Waals surface area (Å²) >= 11 is 0. The highest BCUT2D eigenvalue weighted by Gasteiger charge is 2.19. The van der Waals surface area contributed by atoms with Crippen LogP contribution in [0.15, 0.2) is 36.8 Å². The largest absolute Gasteiger partial charge is 0.333 e. The van der Waals surface area contributed by atoms with Gasteiger partial charge >= 0.3 is 0 Å². The van der Waals surface area contributed by atoms with Crippen LogP contribution in [0.25, 0.3) is 0 Å². The van der Waals surface area contributed by atoms with Crippen LogP contribution < -0.4 is 5.73 Å². The van der Waals surface area contributed by atoms with Gasteiger partial charge < -0.3 is 10.3 Å². The lowest BCUT2D eigenvalue weighted by Gasteiger charge is -2.27. The molecule has 4 heteroatoms. The third-order valence-electron chi connectivity index (χ3n) is 3.70. The number of nitrogens with two attached hydrogens (primary N) is 1. The van der Waals surface area contributed by atoms with Gasteiger partial charge in [-0.15, -0.1) is 0 Å². The maximum atomic E-state index is 5.99. The summed E-state index contributed by atoms with van der Waals surface area (Å²) in [5.41, 5.74) is 9.78. The summed E-state index contributed by atoms with van der Waals surface area (Å²) in [4.78, 5) is 6.54. The monoisotopic (exact) mass is 272 g/mol. The molecule has 20 heavy (non-hydrogen) atoms. The molecule has 0 fully saturated rings. The molecule has 1 aromatic carbocycles. The van der Waals surface area contributed by atoms with Crippen molar-refractivity contribution in [1.82, 2.24) is 14.5 Å². The minimum Gasteiger partial charge on any atom is -0.333 e. The second-order valence-corrected chi connectivity index (χ2v) is 5.26. The third-order valence-corrected chi connectivity index (χ3v) is 3.70. The number of hydrogen-bond donors (Lipinski definition) is 1. The molecule has 2 rings (SSSR count). The molecule has 0 spiro atoms. The lowest BCUT2D eigenvalue weighted by molar-refractivity contribution is 0.232. The molecule has 0 saturated carbocycles. The molecule has 108 valence electrons. The van der Waals surface area contributed by atoms with Gasteiger partial charge in [-0.05, 0) is 26.5 Å². The van der Waals surface area contributed by atoms with Crippen LogP contribution in [-0.2, 0) is 13.1 Å². The van der Waals surface area contributed by atoms with Crippen molar-refractivity contribution in [3.05, 3.63) is 53.6 Å². The zero-order chi connectivity index (χ0) is 14.5. The Labute approximate surface area is 121 Å². The molecule has 0 aliphatic rings. The van der Waals surface area contributed by atoms with E-state index in [0.717, 1.165) is 13.1 Å². The van der Waals surface area contributed by atoms with Crippen LogP contribution in [0.4, 0.5) is 0 Å². The fraction of sp³-hybridized carbons (Fsp3) is 0.438. The van der Waals surface area contributed by atoms with Crippen LogP contribution >= 0.6 is 0 Å². The molecule has 4 nitrogen and oxygen atoms in total. The Kier molecular flexibility index (Phi) is 4.93. The highest BCUT2D eigenvalue weighted by atomic mass is 15.2. The van der Waals surface area contributed by atoms with E-state index in [-0.39, 0.29) is 6.04 Å². The second-order valence-electron chi connectivity index (χ2n) is 5.26. The SMILES string of the molecule is CCn1cncc1C(CN)N(C)Cc1cccc(C)c1. The average Bonchev–Trinajstić information content (AvgIpc) is 2.88. The zero-order valence-corrected chi connectivity index (χ0v) is 12.6. The normalized spacial score (nSPS) is 12.8. The number of nitrogens with zero attached hydrogens (tertiary/aromatic N) is 3. The minimum absolute atomic E-state index is 0.193. The smallest absolute Gasteiger partial charge is 0.0948 e. The summed E-state index contributed by atoms with van der Waals surface area (Å²) in [6, 6.07) is 8.80. The number of rotatable bonds is 6. The predicted octanol–water partition coefficient (Wildman–Crippen LogP) is 2.34. The molecule has 0 amide bonds. The second kappa shape index (κ2) is 6.68. The third kappa shape index (κ3) is 3.26. The van der Waals surface area contributed by atoms with Gasteiger partial charge in [0.15, 0.2) is 0 Å². The van der Waals surface area contributed by atoms with Gasteiger partial charge in [0.2, 0.25) is 0 Å². The van der Waals surface area contributed by atoms with Gasteiger partial charge in [-0.3, -0.25) is 4.90 Å². The maximum Gasteiger partial charge on any atom is 0.0948 e. The Morgan fingerprint density at radius 1 is 1.40 bits per heavy atom. The van der Waals surface area contributed by atoms with Crippen molar-refractivity contribution in [3.8, 4) is 0 Å². The first-order chi connectivity index (χ1) is 9.65. The number of benzene rings is 1. The number of aromatic nitrogens is 2. The highest BCUT2D eigenvalue weighted by molar-refractivity contribution is 5.22. The lowest BCUT2D eigenvalue weighted by atomic mass is 10.1. The van der Waals surface area contributed by atoms with Gasteiger partial charge in [0.1, 0.15) is 0 Å². The van der Waals surface area contributed by atoms with Crippen LogP contribution in [0.5, 0.6) is 0 Å². The Morgan fingerprint density at radius 2 is 2.20 bits per heavy atom. The number of imidazole rings is 1. The molecule has 0 saturated heterocycles. The van der Waals surface area contributed by atoms with Crippen molar-refractivity contribution in [2.45, 2.75) is 33.0 Å². The van der Waals surface area contributed by atoms with Crippen LogP contribution in [0.1, 0.15) is 29.8 Å². The van der Waals surface area contributed by atoms with E-state index in [9.17, 15) is 0 Å². The van der Waals surface area contributed by atoms with Crippen LogP contribution in [0.3, 0.4) is 0 Å². The quantitative estimate of drug-likeness (QED) is 0.878. The van der Waals surface area contributed by atoms with Gasteiger partial charge in [-0.25, -0.2) is 4.98 Å². The summed E-state index contributed by atoms with van der Waals surface area (Å²) in [5.74, 6) is 0. The van der Waals surface area contributed by atoms with Gasteiger partial charge in [0.05, 0.1) is 18.1 Å². The van der Waals surface area contributed by atoms with E-state index in [1.54, 1.807) is 0 Å². The standard InChI is InChI=1S/C16H24N4/c1-4-20-12-18-10-16(20)15(9-17)19(3)11-14-7-5-6-13(2)8-14/h5-8,10,12,15H,4,9,11,17H2,1-3H3. The first kappa shape index (κ1) is 14.8. The number of likely N-dealkylation sites (N-methyl/N-ethyl adjacent to an activating group) is 1. The molecular weight excluding hydrogens is 248 g/mol. The molecule has 1 atom stereocenters. The van der Waals surface area contributed by atoms with E-state index in [1.807, 2.05) is 12.5 Å². The molecule has 0 aliphatic heterocycles. The Morgan fingerprint density at radius 3 is 2.85 bits per heavy atom. The van der Waals surface area contributed by atoms with E-state index in [2.05, 4.69) is 59.6 Å². The summed E-state index contributed by atoms with van der Waals surface area (Å²) in [6.45, 7) is 6.64. The summed E-state index contributed by atoms with van der Waals surface area (Å²) < 4.78 is 2.16. The van der Waals surface area contributed by atoms with Crippen LogP contribution in [0.2, 0.25) is 0 Å². The summed E-state index contributed by atoms with van der Waals surface area (Å²) in [5, 5.41) is 0. The van der Waals surface area contributed by atoms with Crippen molar-refractivity contribution in [1.29, 1.82) is 0 Å². The highest BCUT2D eigenvalue weighted by Crippen LogP contribution is 2.20. The van der Waals surface area contributed by atoms with E-state index >= 15 is 0 Å². The topological polar surface area (TPSA) is 47.1 Å². The Bertz CT molecular complexity index is 547. The minimum atomic E-state index is 0.193. The van der Waals surface area contributed by atoms with Crippen LogP contribution in [0, 0.1) is 6.92 Å². The van der Waals surface area contributed by atoms with E-state index < -0.39 is 0 Å². The van der Waals surface area contributed by atoms with Crippen molar-refractivity contribution < 1.29 is 0 Å². The molecule has 0 bridgehead atoms. The van der Waals surface area contributed by atoms with Crippen molar-refractivity contribution in [2.24, 2.45) is 5.73 Å². The molecule has 0 aliphatic carbocycles. The lowest BCUT2D eigenvalue weighted by Crippen LogP contribution is -2.31. The van der Waals surface area contributed by atoms with E-state index in [1.165, 1.54) is 16.8 Å². The van der Waals surface area contributed by atoms with Crippen molar-refractivity contribution in [3.63, 3.8) is 0 Å². The first-order valence-corrected chi connectivity index (χ1v) is 7.11. The number of hydrogen-bond acceptors (Lipinski definition) is 3. The van der Waals surface area contributed by atoms with Crippen LogP contribution in [-0.4, -0.2) is 28.0 Å². The van der Waals surface area contributed by atoms with Crippen molar-refractivity contribution >= 4 is 0 Å². The molecule has 1 heterocycles. The van der Waals surface area contributed by atoms with Gasteiger partial charge in [0, 0.05) is 25.8 Å². The number of aryl methyl sites for hydroxylation is 2. The molecule has 1 aromatic heterocycles. The molecule has 0 radical (unpaired) electrons. The predicted molar refractivity (Wildman–Crippen MR) is 82.3 cm³/mol. The fourth-order valence-electron chi connectivity index (χ4n) is 2.61. The van der Waals surface area contributed by atoms with Gasteiger partial charge in [-0.2, -0.15) is 0 Å². The molecule has 2 N–H and O–H groups in total. The fourth-order valence-corrected chi connectivity index (χ4v) is 2.61. The Hall–Kier alpha value is -1.65. The van der Waals surface area contributed by atoms with E-state index in [0.29, 0.717) is 6.54 Å².